The lowest BCUT2D eigenvalue weighted by molar-refractivity contribution is 0.483. The van der Waals surface area contributed by atoms with E-state index in [1.54, 1.807) is 6.07 Å². The van der Waals surface area contributed by atoms with Crippen molar-refractivity contribution in [2.75, 3.05) is 4.34 Å². The molecule has 1 rings (SSSR count). The first-order valence-corrected chi connectivity index (χ1v) is 5.21. The van der Waals surface area contributed by atoms with Crippen molar-refractivity contribution in [3.63, 3.8) is 0 Å². The van der Waals surface area contributed by atoms with Gasteiger partial charge in [-0.25, -0.2) is 0 Å². The second-order valence-electron chi connectivity index (χ2n) is 2.10. The molecule has 6 heteroatoms. The van der Waals surface area contributed by atoms with Crippen LogP contribution in [0.1, 0.15) is 0 Å². The predicted molar refractivity (Wildman–Crippen MR) is 48.8 cm³/mol. The Kier molecular flexibility index (Phi) is 2.71. The van der Waals surface area contributed by atoms with Crippen LogP contribution >= 0.6 is 16.1 Å². The topological polar surface area (TPSA) is 66.4 Å². The van der Waals surface area contributed by atoms with Crippen LogP contribution in [0.4, 0.5) is 5.69 Å². The summed E-state index contributed by atoms with van der Waals surface area (Å²) in [5.41, 5.74) is 0.560. The first kappa shape index (κ1) is 9.50. The fourth-order valence-electron chi connectivity index (χ4n) is 0.715. The molecule has 0 amide bonds. The van der Waals surface area contributed by atoms with Crippen LogP contribution < -0.4 is 4.34 Å². The van der Waals surface area contributed by atoms with Crippen LogP contribution in [0.3, 0.4) is 0 Å². The molecule has 12 heavy (non-hydrogen) atoms. The minimum Gasteiger partial charge on any atom is -0.322 e. The zero-order valence-electron chi connectivity index (χ0n) is 5.86. The number of hydrogen-bond acceptors (Lipinski definition) is 3. The highest BCUT2D eigenvalue weighted by Crippen LogP contribution is 2.15. The Hall–Kier alpha value is -0.590. The standard InChI is InChI=1S/C6H6BrNO3S/c7-8-5-2-1-3-6(4-5)12(9,10)11/h1-4,8H,(H,9,10,11). The highest BCUT2D eigenvalue weighted by atomic mass is 79.9. The lowest BCUT2D eigenvalue weighted by Crippen LogP contribution is -1.97. The van der Waals surface area contributed by atoms with Crippen molar-refractivity contribution in [1.82, 2.24) is 0 Å². The van der Waals surface area contributed by atoms with Gasteiger partial charge in [-0.2, -0.15) is 8.42 Å². The molecule has 0 saturated heterocycles. The third-order valence-corrected chi connectivity index (χ3v) is 2.55. The van der Waals surface area contributed by atoms with Crippen LogP contribution in [0.2, 0.25) is 0 Å². The Bertz CT molecular complexity index is 376. The van der Waals surface area contributed by atoms with Gasteiger partial charge in [0.05, 0.1) is 4.90 Å². The average molecular weight is 252 g/mol. The second-order valence-corrected chi connectivity index (χ2v) is 3.92. The molecule has 0 aliphatic carbocycles. The van der Waals surface area contributed by atoms with E-state index in [0.29, 0.717) is 5.69 Å². The minimum absolute atomic E-state index is 0.132. The fraction of sp³-hybridized carbons (Fsp3) is 0. The number of benzene rings is 1. The van der Waals surface area contributed by atoms with Gasteiger partial charge in [0.1, 0.15) is 0 Å². The SMILES string of the molecule is O=S(=O)(O)c1cccc(NBr)c1. The maximum Gasteiger partial charge on any atom is 0.294 e. The molecule has 1 aromatic rings. The van der Waals surface area contributed by atoms with E-state index in [2.05, 4.69) is 20.5 Å². The van der Waals surface area contributed by atoms with Crippen molar-refractivity contribution in [1.29, 1.82) is 0 Å². The van der Waals surface area contributed by atoms with Crippen molar-refractivity contribution < 1.29 is 13.0 Å². The van der Waals surface area contributed by atoms with Crippen LogP contribution in [0.15, 0.2) is 29.2 Å². The van der Waals surface area contributed by atoms with Gasteiger partial charge in [-0.1, -0.05) is 6.07 Å². The first-order chi connectivity index (χ1) is 5.54. The molecule has 66 valence electrons. The smallest absolute Gasteiger partial charge is 0.294 e. The molecular weight excluding hydrogens is 246 g/mol. The molecular formula is C6H6BrNO3S. The Labute approximate surface area is 78.7 Å². The molecule has 0 radical (unpaired) electrons. The van der Waals surface area contributed by atoms with Crippen LogP contribution in [0.25, 0.3) is 0 Å². The van der Waals surface area contributed by atoms with Crippen molar-refractivity contribution in [2.45, 2.75) is 4.90 Å². The minimum atomic E-state index is -4.10. The van der Waals surface area contributed by atoms with Gasteiger partial charge < -0.3 is 4.34 Å². The van der Waals surface area contributed by atoms with Crippen molar-refractivity contribution in [3.8, 4) is 0 Å². The van der Waals surface area contributed by atoms with E-state index in [1.165, 1.54) is 18.2 Å². The van der Waals surface area contributed by atoms with Crippen molar-refractivity contribution in [3.05, 3.63) is 24.3 Å². The van der Waals surface area contributed by atoms with E-state index in [4.69, 9.17) is 4.55 Å². The molecule has 0 bridgehead atoms. The summed E-state index contributed by atoms with van der Waals surface area (Å²) in [4.78, 5) is -0.132. The van der Waals surface area contributed by atoms with Crippen molar-refractivity contribution >= 4 is 32.0 Å². The summed E-state index contributed by atoms with van der Waals surface area (Å²) in [5.74, 6) is 0. The molecule has 2 N–H and O–H groups in total. The Morgan fingerprint density at radius 2 is 2.08 bits per heavy atom. The van der Waals surface area contributed by atoms with E-state index in [0.717, 1.165) is 0 Å². The summed E-state index contributed by atoms with van der Waals surface area (Å²) >= 11 is 2.93. The van der Waals surface area contributed by atoms with Gasteiger partial charge in [0.15, 0.2) is 0 Å². The Morgan fingerprint density at radius 3 is 2.58 bits per heavy atom. The molecule has 0 aliphatic rings. The van der Waals surface area contributed by atoms with Gasteiger partial charge in [0.25, 0.3) is 10.1 Å². The first-order valence-electron chi connectivity index (χ1n) is 2.98. The number of nitrogens with one attached hydrogen (secondary N) is 1. The van der Waals surface area contributed by atoms with E-state index >= 15 is 0 Å². The van der Waals surface area contributed by atoms with Gasteiger partial charge in [-0.15, -0.1) is 0 Å². The van der Waals surface area contributed by atoms with Crippen LogP contribution in [-0.4, -0.2) is 13.0 Å². The van der Waals surface area contributed by atoms with Gasteiger partial charge in [0.2, 0.25) is 0 Å². The molecule has 0 atom stereocenters. The van der Waals surface area contributed by atoms with Gasteiger partial charge in [-0.05, 0) is 18.2 Å². The monoisotopic (exact) mass is 251 g/mol. The number of halogens is 1. The molecule has 0 aromatic heterocycles. The van der Waals surface area contributed by atoms with Gasteiger partial charge in [0, 0.05) is 21.8 Å². The molecule has 0 aliphatic heterocycles. The van der Waals surface area contributed by atoms with E-state index in [-0.39, 0.29) is 4.90 Å². The van der Waals surface area contributed by atoms with Crippen LogP contribution in [0.5, 0.6) is 0 Å². The summed E-state index contributed by atoms with van der Waals surface area (Å²) in [6.45, 7) is 0. The Morgan fingerprint density at radius 1 is 1.42 bits per heavy atom. The Balaban J connectivity index is 3.20. The highest BCUT2D eigenvalue weighted by Gasteiger charge is 2.08. The maximum atomic E-state index is 10.6. The van der Waals surface area contributed by atoms with Gasteiger partial charge in [-0.3, -0.25) is 4.55 Å². The molecule has 1 aromatic carbocycles. The zero-order valence-corrected chi connectivity index (χ0v) is 8.26. The normalized spacial score (nSPS) is 11.2. The van der Waals surface area contributed by atoms with Crippen LogP contribution in [0, 0.1) is 0 Å². The third-order valence-electron chi connectivity index (χ3n) is 1.24. The van der Waals surface area contributed by atoms with Crippen LogP contribution in [-0.2, 0) is 10.1 Å². The largest absolute Gasteiger partial charge is 0.322 e. The van der Waals surface area contributed by atoms with Crippen molar-refractivity contribution in [2.24, 2.45) is 0 Å². The number of hydrogen-bond donors (Lipinski definition) is 2. The molecule has 0 saturated carbocycles. The molecule has 0 spiro atoms. The number of rotatable bonds is 2. The predicted octanol–water partition coefficient (Wildman–Crippen LogP) is 1.66. The zero-order chi connectivity index (χ0) is 9.19. The molecule has 4 nitrogen and oxygen atoms in total. The van der Waals surface area contributed by atoms with E-state index in [1.807, 2.05) is 0 Å². The quantitative estimate of drug-likeness (QED) is 0.620. The summed E-state index contributed by atoms with van der Waals surface area (Å²) in [5, 5.41) is 0. The molecule has 0 unspecified atom stereocenters. The highest BCUT2D eigenvalue weighted by molar-refractivity contribution is 9.10. The summed E-state index contributed by atoms with van der Waals surface area (Å²) in [6, 6.07) is 5.80. The molecule has 0 heterocycles. The summed E-state index contributed by atoms with van der Waals surface area (Å²) in [6.07, 6.45) is 0. The van der Waals surface area contributed by atoms with Gasteiger partial charge >= 0.3 is 0 Å². The average Bonchev–Trinajstić information content (AvgIpc) is 2.03. The molecule has 0 fully saturated rings. The van der Waals surface area contributed by atoms with E-state index < -0.39 is 10.1 Å². The summed E-state index contributed by atoms with van der Waals surface area (Å²) < 4.78 is 32.4. The maximum absolute atomic E-state index is 10.6. The fourth-order valence-corrected chi connectivity index (χ4v) is 1.49. The third kappa shape index (κ3) is 2.20. The lowest BCUT2D eigenvalue weighted by Gasteiger charge is -1.99. The number of anilines is 1. The van der Waals surface area contributed by atoms with E-state index in [9.17, 15) is 8.42 Å². The summed E-state index contributed by atoms with van der Waals surface area (Å²) in [7, 11) is -4.10. The lowest BCUT2D eigenvalue weighted by atomic mass is 10.3. The second kappa shape index (κ2) is 3.42.